The fraction of sp³-hybridized carbons (Fsp3) is 0.273. The predicted octanol–water partition coefficient (Wildman–Crippen LogP) is 1.44. The maximum atomic E-state index is 12.0. The Morgan fingerprint density at radius 2 is 2.21 bits per heavy atom. The van der Waals surface area contributed by atoms with E-state index in [1.54, 1.807) is 17.6 Å². The van der Waals surface area contributed by atoms with Crippen LogP contribution in [-0.4, -0.2) is 31.0 Å². The van der Waals surface area contributed by atoms with Crippen molar-refractivity contribution in [1.82, 2.24) is 9.71 Å². The van der Waals surface area contributed by atoms with Gasteiger partial charge in [-0.2, -0.15) is 0 Å². The van der Waals surface area contributed by atoms with Gasteiger partial charge >= 0.3 is 5.97 Å². The first-order chi connectivity index (χ1) is 8.99. The summed E-state index contributed by atoms with van der Waals surface area (Å²) in [5.41, 5.74) is 2.41. The summed E-state index contributed by atoms with van der Waals surface area (Å²) in [4.78, 5) is 14.6. The largest absolute Gasteiger partial charge is 0.481 e. The third kappa shape index (κ3) is 3.49. The van der Waals surface area contributed by atoms with Gasteiger partial charge in [0, 0.05) is 13.0 Å². The van der Waals surface area contributed by atoms with Crippen LogP contribution in [0.3, 0.4) is 0 Å². The number of rotatable bonds is 6. The van der Waals surface area contributed by atoms with Crippen molar-refractivity contribution in [3.63, 3.8) is 0 Å². The van der Waals surface area contributed by atoms with Crippen LogP contribution in [-0.2, 0) is 14.8 Å². The highest BCUT2D eigenvalue weighted by Gasteiger charge is 2.14. The van der Waals surface area contributed by atoms with Crippen molar-refractivity contribution in [2.45, 2.75) is 17.7 Å². The average molecular weight is 300 g/mol. The first-order valence-electron chi connectivity index (χ1n) is 5.54. The molecule has 0 aliphatic heterocycles. The molecule has 6 nitrogen and oxygen atoms in total. The second-order valence-corrected chi connectivity index (χ2v) is 6.53. The summed E-state index contributed by atoms with van der Waals surface area (Å²) in [6.45, 7) is 0.107. The Kier molecular flexibility index (Phi) is 4.13. The Hall–Kier alpha value is -1.51. The molecule has 0 amide bonds. The van der Waals surface area contributed by atoms with Crippen molar-refractivity contribution >= 4 is 37.5 Å². The topological polar surface area (TPSA) is 96.4 Å². The molecule has 0 bridgehead atoms. The number of carbonyl (C=O) groups is 1. The number of aromatic nitrogens is 1. The lowest BCUT2D eigenvalue weighted by atomic mass is 10.3. The van der Waals surface area contributed by atoms with Gasteiger partial charge in [-0.05, 0) is 24.6 Å². The summed E-state index contributed by atoms with van der Waals surface area (Å²) in [5.74, 6) is -0.940. The highest BCUT2D eigenvalue weighted by atomic mass is 32.2. The minimum Gasteiger partial charge on any atom is -0.481 e. The van der Waals surface area contributed by atoms with Crippen molar-refractivity contribution in [3.05, 3.63) is 23.7 Å². The van der Waals surface area contributed by atoms with E-state index in [0.29, 0.717) is 0 Å². The van der Waals surface area contributed by atoms with Gasteiger partial charge in [0.25, 0.3) is 0 Å². The van der Waals surface area contributed by atoms with Gasteiger partial charge in [-0.25, -0.2) is 18.1 Å². The van der Waals surface area contributed by atoms with E-state index in [0.717, 1.165) is 10.2 Å². The second kappa shape index (κ2) is 5.64. The van der Waals surface area contributed by atoms with Gasteiger partial charge in [-0.15, -0.1) is 11.3 Å². The Labute approximate surface area is 114 Å². The smallest absolute Gasteiger partial charge is 0.303 e. The second-order valence-electron chi connectivity index (χ2n) is 3.88. The summed E-state index contributed by atoms with van der Waals surface area (Å²) in [6, 6.07) is 4.70. The molecule has 1 aromatic heterocycles. The third-order valence-corrected chi connectivity index (χ3v) is 4.72. The van der Waals surface area contributed by atoms with E-state index < -0.39 is 16.0 Å². The molecule has 0 unspecified atom stereocenters. The van der Waals surface area contributed by atoms with Gasteiger partial charge in [0.1, 0.15) is 0 Å². The van der Waals surface area contributed by atoms with E-state index in [1.807, 2.05) is 0 Å². The molecule has 2 aromatic rings. The number of carboxylic acids is 1. The van der Waals surface area contributed by atoms with E-state index in [-0.39, 0.29) is 24.3 Å². The number of nitrogens with one attached hydrogen (secondary N) is 1. The van der Waals surface area contributed by atoms with E-state index in [4.69, 9.17) is 5.11 Å². The quantitative estimate of drug-likeness (QED) is 0.787. The molecule has 2 N–H and O–H groups in total. The summed E-state index contributed by atoms with van der Waals surface area (Å²) < 4.78 is 27.1. The molecule has 1 heterocycles. The Morgan fingerprint density at radius 1 is 1.42 bits per heavy atom. The van der Waals surface area contributed by atoms with Crippen LogP contribution in [0.25, 0.3) is 10.2 Å². The summed E-state index contributed by atoms with van der Waals surface area (Å²) in [5, 5.41) is 8.47. The number of benzene rings is 1. The Balaban J connectivity index is 2.08. The molecule has 0 spiro atoms. The van der Waals surface area contributed by atoms with Crippen LogP contribution in [0.1, 0.15) is 12.8 Å². The van der Waals surface area contributed by atoms with Crippen LogP contribution in [0.4, 0.5) is 0 Å². The molecule has 102 valence electrons. The maximum absolute atomic E-state index is 12.0. The van der Waals surface area contributed by atoms with E-state index in [1.165, 1.54) is 17.4 Å². The van der Waals surface area contributed by atoms with Crippen LogP contribution < -0.4 is 4.72 Å². The fourth-order valence-corrected chi connectivity index (χ4v) is 3.42. The molecule has 0 saturated carbocycles. The molecule has 0 aliphatic rings. The van der Waals surface area contributed by atoms with Crippen LogP contribution in [0.15, 0.2) is 28.6 Å². The number of aliphatic carboxylic acids is 1. The lowest BCUT2D eigenvalue weighted by molar-refractivity contribution is -0.137. The molecule has 1 aromatic carbocycles. The number of hydrogen-bond acceptors (Lipinski definition) is 5. The maximum Gasteiger partial charge on any atom is 0.303 e. The van der Waals surface area contributed by atoms with Crippen molar-refractivity contribution in [2.75, 3.05) is 6.54 Å². The average Bonchev–Trinajstić information content (AvgIpc) is 2.81. The zero-order valence-electron chi connectivity index (χ0n) is 9.87. The number of carboxylic acid groups (broad SMARTS) is 1. The van der Waals surface area contributed by atoms with Crippen LogP contribution >= 0.6 is 11.3 Å². The van der Waals surface area contributed by atoms with Crippen molar-refractivity contribution < 1.29 is 18.3 Å². The first-order valence-corrected chi connectivity index (χ1v) is 7.90. The molecule has 19 heavy (non-hydrogen) atoms. The van der Waals surface area contributed by atoms with Gasteiger partial charge in [-0.1, -0.05) is 0 Å². The highest BCUT2D eigenvalue weighted by molar-refractivity contribution is 7.89. The summed E-state index contributed by atoms with van der Waals surface area (Å²) in [7, 11) is -3.59. The summed E-state index contributed by atoms with van der Waals surface area (Å²) >= 11 is 1.37. The lowest BCUT2D eigenvalue weighted by Crippen LogP contribution is -2.25. The number of thiazole rings is 1. The van der Waals surface area contributed by atoms with Crippen LogP contribution in [0.2, 0.25) is 0 Å². The van der Waals surface area contributed by atoms with Gasteiger partial charge in [-0.3, -0.25) is 4.79 Å². The highest BCUT2D eigenvalue weighted by Crippen LogP contribution is 2.21. The Morgan fingerprint density at radius 3 is 2.95 bits per heavy atom. The van der Waals surface area contributed by atoms with Gasteiger partial charge < -0.3 is 5.11 Å². The number of fused-ring (bicyclic) bond motifs is 1. The minimum atomic E-state index is -3.59. The van der Waals surface area contributed by atoms with E-state index >= 15 is 0 Å². The van der Waals surface area contributed by atoms with Gasteiger partial charge in [0.15, 0.2) is 0 Å². The zero-order valence-corrected chi connectivity index (χ0v) is 11.5. The number of sulfonamides is 1. The monoisotopic (exact) mass is 300 g/mol. The van der Waals surface area contributed by atoms with E-state index in [2.05, 4.69) is 9.71 Å². The molecule has 0 atom stereocenters. The molecule has 0 saturated heterocycles. The van der Waals surface area contributed by atoms with E-state index in [9.17, 15) is 13.2 Å². The van der Waals surface area contributed by atoms with Crippen LogP contribution in [0.5, 0.6) is 0 Å². The summed E-state index contributed by atoms with van der Waals surface area (Å²) in [6.07, 6.45) is 0.202. The number of hydrogen-bond donors (Lipinski definition) is 2. The molecule has 2 rings (SSSR count). The third-order valence-electron chi connectivity index (χ3n) is 2.47. The zero-order chi connectivity index (χ0) is 13.9. The first kappa shape index (κ1) is 13.9. The standard InChI is InChI=1S/C11H12N2O4S2/c14-11(15)2-1-5-13-19(16,17)8-3-4-9-10(6-8)18-7-12-9/h3-4,6-7,13H,1-2,5H2,(H,14,15). The van der Waals surface area contributed by atoms with Crippen LogP contribution in [0, 0.1) is 0 Å². The normalized spacial score (nSPS) is 11.8. The molecular formula is C11H12N2O4S2. The molecule has 0 fully saturated rings. The number of nitrogens with zero attached hydrogens (tertiary/aromatic N) is 1. The lowest BCUT2D eigenvalue weighted by Gasteiger charge is -2.05. The van der Waals surface area contributed by atoms with Gasteiger partial charge in [0.2, 0.25) is 10.0 Å². The molecule has 8 heteroatoms. The SMILES string of the molecule is O=C(O)CCCNS(=O)(=O)c1ccc2ncsc2c1. The predicted molar refractivity (Wildman–Crippen MR) is 71.7 cm³/mol. The molecular weight excluding hydrogens is 288 g/mol. The minimum absolute atomic E-state index is 0.0591. The Bertz CT molecular complexity index is 694. The fourth-order valence-electron chi connectivity index (χ4n) is 1.53. The van der Waals surface area contributed by atoms with Crippen molar-refractivity contribution in [2.24, 2.45) is 0 Å². The van der Waals surface area contributed by atoms with Gasteiger partial charge in [0.05, 0.1) is 20.6 Å². The van der Waals surface area contributed by atoms with Crippen molar-refractivity contribution in [1.29, 1.82) is 0 Å². The molecule has 0 radical (unpaired) electrons. The molecule has 0 aliphatic carbocycles. The van der Waals surface area contributed by atoms with Crippen molar-refractivity contribution in [3.8, 4) is 0 Å².